The predicted octanol–water partition coefficient (Wildman–Crippen LogP) is -11.5. The summed E-state index contributed by atoms with van der Waals surface area (Å²) in [6.07, 6.45) is 0. The minimum atomic E-state index is -5.15. The van der Waals surface area contributed by atoms with Crippen molar-refractivity contribution in [2.75, 3.05) is 0 Å². The van der Waals surface area contributed by atoms with Crippen molar-refractivity contribution >= 4 is 58.1 Å². The van der Waals surface area contributed by atoms with E-state index in [2.05, 4.69) is 0 Å². The van der Waals surface area contributed by atoms with Crippen LogP contribution in [0.5, 0.6) is 0 Å². The first kappa shape index (κ1) is 91.8. The summed E-state index contributed by atoms with van der Waals surface area (Å²) >= 11 is 0. The zero-order valence-corrected chi connectivity index (χ0v) is 21.8. The molecule has 0 aliphatic heterocycles. The minimum Gasteiger partial charge on any atom is 1.00 e. The molecule has 0 aromatic heterocycles. The molecule has 0 aromatic rings. The van der Waals surface area contributed by atoms with Crippen molar-refractivity contribution in [2.45, 2.75) is 0 Å². The van der Waals surface area contributed by atoms with Crippen molar-refractivity contribution in [1.29, 1.82) is 0 Å². The Morgan fingerprint density at radius 2 is 0.333 bits per heavy atom. The molecule has 118 valence electrons. The van der Waals surface area contributed by atoms with Gasteiger partial charge in [-0.3, -0.25) is 0 Å². The Morgan fingerprint density at radius 3 is 0.333 bits per heavy atom. The quantitative estimate of drug-likeness (QED) is 0.265. The number of hydrogen-bond acceptors (Lipinski definition) is 0. The molecule has 0 heterocycles. The fourth-order valence-electron chi connectivity index (χ4n) is 0. The van der Waals surface area contributed by atoms with Gasteiger partial charge in [-0.2, -0.15) is 0 Å². The molecule has 0 radical (unpaired) electrons. The largest absolute Gasteiger partial charge is 1.00 e. The summed E-state index contributed by atoms with van der Waals surface area (Å²) in [4.78, 5) is 0. The number of rotatable bonds is 0. The Kier molecular flexibility index (Phi) is 124. The Hall–Kier alpha value is 5.04. The Morgan fingerprint density at radius 1 is 0.333 bits per heavy atom. The fraction of sp³-hybridized carbons (Fsp3) is 0. The van der Waals surface area contributed by atoms with Gasteiger partial charge >= 0.3 is 153 Å². The van der Waals surface area contributed by atoms with Gasteiger partial charge in [0, 0.05) is 0 Å². The Balaban J connectivity index is -0.00000000327. The van der Waals surface area contributed by atoms with Crippen molar-refractivity contribution in [3.63, 3.8) is 0 Å². The van der Waals surface area contributed by atoms with E-state index < -0.39 is 6.48 Å². The minimum absolute atomic E-state index is 0. The van der Waals surface area contributed by atoms with Crippen LogP contribution in [0, 0.1) is 0 Å². The molecular formula is H16Cl6Na3O8Rh. The molecule has 0 aliphatic rings. The van der Waals surface area contributed by atoms with Crippen molar-refractivity contribution in [3.05, 3.63) is 0 Å². The molecule has 0 rings (SSSR count). The average molecular weight is 529 g/mol. The van der Waals surface area contributed by atoms with E-state index in [1.807, 2.05) is 0 Å². The van der Waals surface area contributed by atoms with Gasteiger partial charge in [0.15, 0.2) is 0 Å². The molecule has 0 saturated carbocycles. The summed E-state index contributed by atoms with van der Waals surface area (Å²) in [6, 6.07) is 0. The summed E-state index contributed by atoms with van der Waals surface area (Å²) in [5, 5.41) is 0. The molecule has 0 spiro atoms. The first-order valence-electron chi connectivity index (χ1n) is 0.756. The molecule has 0 aromatic carbocycles. The van der Waals surface area contributed by atoms with Gasteiger partial charge in [0.1, 0.15) is 0 Å². The maximum Gasteiger partial charge on any atom is 1.00 e. The van der Waals surface area contributed by atoms with E-state index >= 15 is 0 Å². The van der Waals surface area contributed by atoms with Gasteiger partial charge in [0.05, 0.1) is 0 Å². The van der Waals surface area contributed by atoms with Gasteiger partial charge in [-0.1, -0.05) is 0 Å². The van der Waals surface area contributed by atoms with E-state index in [1.165, 1.54) is 0 Å². The van der Waals surface area contributed by atoms with Gasteiger partial charge < -0.3 is 43.8 Å². The summed E-state index contributed by atoms with van der Waals surface area (Å²) in [7, 11) is 30.2. The second-order valence-electron chi connectivity index (χ2n) is 0.714. The van der Waals surface area contributed by atoms with Crippen LogP contribution in [0.3, 0.4) is 0 Å². The van der Waals surface area contributed by atoms with E-state index in [0.717, 1.165) is 0 Å². The zero-order valence-electron chi connectivity index (χ0n) is 9.60. The molecule has 0 atom stereocenters. The van der Waals surface area contributed by atoms with Crippen LogP contribution >= 0.6 is 58.1 Å². The fourth-order valence-corrected chi connectivity index (χ4v) is 0. The summed E-state index contributed by atoms with van der Waals surface area (Å²) in [5.41, 5.74) is 0. The smallest absolute Gasteiger partial charge is 1.00 e. The molecule has 0 amide bonds. The van der Waals surface area contributed by atoms with E-state index in [4.69, 9.17) is 58.1 Å². The number of halogens is 6. The average Bonchev–Trinajstić information content (AvgIpc) is 0.592. The Labute approximate surface area is 193 Å². The van der Waals surface area contributed by atoms with E-state index in [1.54, 1.807) is 0 Å². The van der Waals surface area contributed by atoms with Crippen LogP contribution in [0.1, 0.15) is 0 Å². The molecule has 8 nitrogen and oxygen atoms in total. The van der Waals surface area contributed by atoms with E-state index in [0.29, 0.717) is 0 Å². The summed E-state index contributed by atoms with van der Waals surface area (Å²) in [5.74, 6) is 0. The van der Waals surface area contributed by atoms with E-state index in [9.17, 15) is 0 Å². The molecule has 0 aliphatic carbocycles. The molecule has 0 bridgehead atoms. The molecule has 0 fully saturated rings. The molecule has 18 heavy (non-hydrogen) atoms. The van der Waals surface area contributed by atoms with Crippen molar-refractivity contribution in [2.24, 2.45) is 0 Å². The standard InChI is InChI=1S/6ClH.3Na.8H2O.Rh/h6*1H;;;;8*1H2;/q;;;;;;3*+1;;;;;;;;;+3/p-6. The van der Waals surface area contributed by atoms with Gasteiger partial charge in [0.2, 0.25) is 0 Å². The van der Waals surface area contributed by atoms with Crippen LogP contribution in [0.25, 0.3) is 0 Å². The second kappa shape index (κ2) is 24.3. The summed E-state index contributed by atoms with van der Waals surface area (Å²) in [6.45, 7) is -5.15. The predicted molar refractivity (Wildman–Crippen MR) is 64.0 cm³/mol. The van der Waals surface area contributed by atoms with Crippen LogP contribution in [-0.2, 0) is 6.48 Å². The topological polar surface area (TPSA) is 252 Å². The third-order valence-electron chi connectivity index (χ3n) is 0. The van der Waals surface area contributed by atoms with Crippen LogP contribution in [0.4, 0.5) is 0 Å². The van der Waals surface area contributed by atoms with Gasteiger partial charge in [-0.05, 0) is 0 Å². The molecular weight excluding hydrogens is 513 g/mol. The third kappa shape index (κ3) is 332. The van der Waals surface area contributed by atoms with Crippen LogP contribution in [0.2, 0.25) is 0 Å². The SMILES string of the molecule is O.O.O.O.O.O.O.O.[Cl][Rh-3]([Cl])([Cl])([Cl])([Cl])[Cl].[Na+].[Na+].[Na+]. The third-order valence-corrected chi connectivity index (χ3v) is 0. The monoisotopic (exact) mass is 526 g/mol. The molecule has 16 N–H and O–H groups in total. The van der Waals surface area contributed by atoms with Crippen molar-refractivity contribution < 1.29 is 139 Å². The number of hydrogen-bond donors (Lipinski definition) is 0. The van der Waals surface area contributed by atoms with Crippen LogP contribution < -0.4 is 88.7 Å². The molecule has 0 unspecified atom stereocenters. The van der Waals surface area contributed by atoms with Crippen LogP contribution in [0.15, 0.2) is 0 Å². The van der Waals surface area contributed by atoms with E-state index in [-0.39, 0.29) is 132 Å². The van der Waals surface area contributed by atoms with Crippen LogP contribution in [-0.4, -0.2) is 43.8 Å². The maximum absolute atomic E-state index is 5.15. The maximum atomic E-state index is 5.04. The van der Waals surface area contributed by atoms with Gasteiger partial charge in [-0.15, -0.1) is 0 Å². The van der Waals surface area contributed by atoms with Gasteiger partial charge in [-0.25, -0.2) is 0 Å². The summed E-state index contributed by atoms with van der Waals surface area (Å²) < 4.78 is 0. The van der Waals surface area contributed by atoms with Gasteiger partial charge in [0.25, 0.3) is 0 Å². The molecule has 18 heteroatoms. The normalized spacial score (nSPS) is 9.00. The van der Waals surface area contributed by atoms with Crippen molar-refractivity contribution in [3.8, 4) is 0 Å². The first-order chi connectivity index (χ1) is 2.45. The second-order valence-corrected chi connectivity index (χ2v) is 38.0. The van der Waals surface area contributed by atoms with Crippen molar-refractivity contribution in [1.82, 2.24) is 0 Å². The first-order valence-corrected chi connectivity index (χ1v) is 13.4. The molecule has 0 saturated heterocycles. The zero-order chi connectivity index (χ0) is 6.41. The Bertz CT molecular complexity index is 89.4.